The molecule has 2 aliphatic rings. The van der Waals surface area contributed by atoms with Crippen molar-refractivity contribution in [3.05, 3.63) is 177 Å². The average molecular weight is 922 g/mol. The Balaban J connectivity index is 0.766. The number of ether oxygens (including phenoxy) is 2. The highest BCUT2D eigenvalue weighted by molar-refractivity contribution is 5.94. The minimum absolute atomic E-state index is 0.0612. The van der Waals surface area contributed by atoms with Gasteiger partial charge < -0.3 is 45.3 Å². The summed E-state index contributed by atoms with van der Waals surface area (Å²) in [5.41, 5.74) is 1.90. The Hall–Kier alpha value is -6.84. The molecule has 5 aromatic carbocycles. The third-order valence-corrected chi connectivity index (χ3v) is 13.1. The van der Waals surface area contributed by atoms with Crippen LogP contribution in [0.4, 0.5) is 0 Å². The zero-order valence-electron chi connectivity index (χ0n) is 38.0. The number of carbonyl (C=O) groups is 3. The van der Waals surface area contributed by atoms with Gasteiger partial charge >= 0.3 is 5.97 Å². The van der Waals surface area contributed by atoms with Crippen molar-refractivity contribution in [1.82, 2.24) is 25.4 Å². The molecule has 2 amide bonds. The predicted molar refractivity (Wildman–Crippen MR) is 258 cm³/mol. The summed E-state index contributed by atoms with van der Waals surface area (Å²) in [6.07, 6.45) is 2.74. The van der Waals surface area contributed by atoms with Crippen LogP contribution in [0.3, 0.4) is 0 Å². The van der Waals surface area contributed by atoms with Gasteiger partial charge in [-0.2, -0.15) is 0 Å². The second kappa shape index (κ2) is 22.3. The van der Waals surface area contributed by atoms with Gasteiger partial charge in [-0.05, 0) is 116 Å². The van der Waals surface area contributed by atoms with E-state index in [0.717, 1.165) is 38.0 Å². The van der Waals surface area contributed by atoms with E-state index >= 15 is 0 Å². The number of phenols is 1. The summed E-state index contributed by atoms with van der Waals surface area (Å²) >= 11 is 0. The van der Waals surface area contributed by atoms with Crippen LogP contribution in [0.15, 0.2) is 138 Å². The van der Waals surface area contributed by atoms with Crippen molar-refractivity contribution in [3.8, 4) is 11.5 Å². The summed E-state index contributed by atoms with van der Waals surface area (Å²) in [5, 5.41) is 40.1. The Morgan fingerprint density at radius 1 is 0.779 bits per heavy atom. The molecule has 0 bridgehead atoms. The number of aliphatic hydroxyl groups excluding tert-OH is 1. The summed E-state index contributed by atoms with van der Waals surface area (Å²) in [7, 11) is 0. The van der Waals surface area contributed by atoms with Gasteiger partial charge in [-0.15, -0.1) is 0 Å². The number of aliphatic hydroxyl groups is 2. The van der Waals surface area contributed by atoms with Crippen molar-refractivity contribution < 1.29 is 39.2 Å². The van der Waals surface area contributed by atoms with Gasteiger partial charge in [-0.1, -0.05) is 91.0 Å². The fourth-order valence-corrected chi connectivity index (χ4v) is 9.08. The molecule has 14 nitrogen and oxygen atoms in total. The minimum Gasteiger partial charge on any atom is -0.506 e. The molecule has 0 radical (unpaired) electrons. The van der Waals surface area contributed by atoms with E-state index < -0.39 is 17.7 Å². The van der Waals surface area contributed by atoms with Crippen molar-refractivity contribution in [3.63, 3.8) is 0 Å². The number of aromatic amines is 1. The summed E-state index contributed by atoms with van der Waals surface area (Å²) in [6.45, 7) is 4.38. The number of pyridine rings is 1. The van der Waals surface area contributed by atoms with E-state index in [1.165, 1.54) is 17.7 Å². The standard InChI is InChI=1S/C54H59N5O9/c60-47-20-18-45(46-19-21-49(62)57-51(46)47)48(61)33-55-27-22-37-14-16-40(17-15-37)52(64)56-43-25-30-59(31-26-43)50(63)36-67-44-13-7-12-42(32-44)54(66,41-10-5-2-6-11-41)53(65)68-35-39-23-28-58(29-24-39)34-38-8-3-1-4-9-38/h1-21,32,39,43,48,55,60-61,66H,22-31,33-36H2,(H,56,64)(H,57,62)/t48-,54-/m0/s1. The number of amides is 2. The first-order chi connectivity index (χ1) is 33.0. The quantitative estimate of drug-likeness (QED) is 0.0465. The van der Waals surface area contributed by atoms with E-state index in [9.17, 15) is 34.5 Å². The normalized spacial score (nSPS) is 16.2. The van der Waals surface area contributed by atoms with E-state index in [0.29, 0.717) is 66.7 Å². The lowest BCUT2D eigenvalue weighted by Gasteiger charge is -2.33. The van der Waals surface area contributed by atoms with Crippen LogP contribution in [-0.2, 0) is 32.9 Å². The predicted octanol–water partition coefficient (Wildman–Crippen LogP) is 5.59. The van der Waals surface area contributed by atoms with Crippen molar-refractivity contribution in [2.45, 2.75) is 56.4 Å². The van der Waals surface area contributed by atoms with Gasteiger partial charge in [-0.3, -0.25) is 19.3 Å². The van der Waals surface area contributed by atoms with Crippen LogP contribution < -0.4 is 20.9 Å². The number of benzene rings is 5. The van der Waals surface area contributed by atoms with Crippen LogP contribution in [-0.4, -0.2) is 106 Å². The molecule has 2 aliphatic heterocycles. The van der Waals surface area contributed by atoms with Crippen LogP contribution in [0.1, 0.15) is 70.0 Å². The maximum Gasteiger partial charge on any atom is 0.347 e. The number of rotatable bonds is 18. The first kappa shape index (κ1) is 47.6. The molecule has 14 heteroatoms. The molecule has 2 fully saturated rings. The monoisotopic (exact) mass is 921 g/mol. The average Bonchev–Trinajstić information content (AvgIpc) is 3.37. The lowest BCUT2D eigenvalue weighted by molar-refractivity contribution is -0.164. The first-order valence-electron chi connectivity index (χ1n) is 23.4. The van der Waals surface area contributed by atoms with Crippen LogP contribution in [0, 0.1) is 5.92 Å². The molecule has 2 atom stereocenters. The summed E-state index contributed by atoms with van der Waals surface area (Å²) in [4.78, 5) is 58.9. The Bertz CT molecular complexity index is 2700. The van der Waals surface area contributed by atoms with Crippen LogP contribution in [0.5, 0.6) is 11.5 Å². The zero-order chi connectivity index (χ0) is 47.5. The number of piperidine rings is 2. The highest BCUT2D eigenvalue weighted by atomic mass is 16.5. The molecule has 0 saturated carbocycles. The SMILES string of the molecule is O=C(NC1CCN(C(=O)COc2cccc([C@](O)(C(=O)OCC3CCN(Cc4ccccc4)CC3)c3ccccc3)c2)CC1)c1ccc(CCNC[C@H](O)c2ccc(O)c3[nH]c(=O)ccc23)cc1. The lowest BCUT2D eigenvalue weighted by atomic mass is 9.86. The second-order valence-corrected chi connectivity index (χ2v) is 17.8. The molecule has 68 heavy (non-hydrogen) atoms. The Morgan fingerprint density at radius 2 is 1.49 bits per heavy atom. The highest BCUT2D eigenvalue weighted by Gasteiger charge is 2.42. The van der Waals surface area contributed by atoms with Crippen molar-refractivity contribution >= 4 is 28.7 Å². The topological polar surface area (TPSA) is 194 Å². The molecule has 0 unspecified atom stereocenters. The van der Waals surface area contributed by atoms with E-state index in [4.69, 9.17) is 9.47 Å². The molecule has 3 heterocycles. The van der Waals surface area contributed by atoms with Crippen molar-refractivity contribution in [2.75, 3.05) is 52.5 Å². The zero-order valence-corrected chi connectivity index (χ0v) is 38.0. The molecule has 2 saturated heterocycles. The van der Waals surface area contributed by atoms with Gasteiger partial charge in [0.1, 0.15) is 11.5 Å². The number of likely N-dealkylation sites (tertiary alicyclic amines) is 2. The minimum atomic E-state index is -2.10. The summed E-state index contributed by atoms with van der Waals surface area (Å²) in [6, 6.07) is 39.0. The summed E-state index contributed by atoms with van der Waals surface area (Å²) in [5.74, 6) is -0.719. The number of aromatic hydroxyl groups is 1. The Labute approximate surface area is 395 Å². The number of nitrogens with zero attached hydrogens (tertiary/aromatic N) is 2. The van der Waals surface area contributed by atoms with E-state index in [1.54, 1.807) is 77.7 Å². The first-order valence-corrected chi connectivity index (χ1v) is 23.4. The fourth-order valence-electron chi connectivity index (χ4n) is 9.08. The molecule has 0 aliphatic carbocycles. The molecule has 1 aromatic heterocycles. The number of carbonyl (C=O) groups excluding carboxylic acids is 3. The van der Waals surface area contributed by atoms with E-state index in [2.05, 4.69) is 32.7 Å². The highest BCUT2D eigenvalue weighted by Crippen LogP contribution is 2.34. The van der Waals surface area contributed by atoms with Gasteiger partial charge in [-0.25, -0.2) is 4.79 Å². The lowest BCUT2D eigenvalue weighted by Crippen LogP contribution is -2.47. The summed E-state index contributed by atoms with van der Waals surface area (Å²) < 4.78 is 11.8. The van der Waals surface area contributed by atoms with Crippen LogP contribution >= 0.6 is 0 Å². The van der Waals surface area contributed by atoms with Crippen molar-refractivity contribution in [2.24, 2.45) is 5.92 Å². The maximum atomic E-state index is 13.9. The molecular formula is C54H59N5O9. The van der Waals surface area contributed by atoms with Gasteiger partial charge in [0.05, 0.1) is 18.2 Å². The molecule has 354 valence electrons. The second-order valence-electron chi connectivity index (χ2n) is 17.8. The number of hydrogen-bond acceptors (Lipinski definition) is 11. The molecule has 6 aromatic rings. The number of aromatic nitrogens is 1. The number of fused-ring (bicyclic) bond motifs is 1. The smallest absolute Gasteiger partial charge is 0.347 e. The van der Waals surface area contributed by atoms with Gasteiger partial charge in [0.15, 0.2) is 6.61 Å². The van der Waals surface area contributed by atoms with E-state index in [1.807, 2.05) is 36.4 Å². The molecule has 6 N–H and O–H groups in total. The van der Waals surface area contributed by atoms with Gasteiger partial charge in [0.25, 0.3) is 11.8 Å². The van der Waals surface area contributed by atoms with Crippen LogP contribution in [0.2, 0.25) is 0 Å². The largest absolute Gasteiger partial charge is 0.506 e. The number of phenolic OH excluding ortho intramolecular Hbond substituents is 1. The van der Waals surface area contributed by atoms with Gasteiger partial charge in [0.2, 0.25) is 11.2 Å². The van der Waals surface area contributed by atoms with Gasteiger partial charge in [0, 0.05) is 54.8 Å². The Morgan fingerprint density at radius 3 is 2.22 bits per heavy atom. The van der Waals surface area contributed by atoms with Crippen LogP contribution in [0.25, 0.3) is 10.9 Å². The fraction of sp³-hybridized carbons (Fsp3) is 0.333. The van der Waals surface area contributed by atoms with Crippen molar-refractivity contribution in [1.29, 1.82) is 0 Å². The van der Waals surface area contributed by atoms with E-state index in [-0.39, 0.29) is 65.9 Å². The Kier molecular flexibility index (Phi) is 15.6. The number of hydrogen-bond donors (Lipinski definition) is 6. The third-order valence-electron chi connectivity index (χ3n) is 13.1. The number of nitrogens with one attached hydrogen (secondary N) is 3. The number of H-pyrrole nitrogens is 1. The molecule has 0 spiro atoms. The number of esters is 1. The third kappa shape index (κ3) is 11.8. The molecular weight excluding hydrogens is 863 g/mol. The molecule has 8 rings (SSSR count). The maximum absolute atomic E-state index is 13.9.